The average molecular weight is 488 g/mol. The molecule has 3 heterocycles. The molecule has 0 unspecified atom stereocenters. The highest BCUT2D eigenvalue weighted by atomic mass is 32.2. The Bertz CT molecular complexity index is 1390. The SMILES string of the molecule is Cn1c(=O)oc2cc(S(=O)(=O)N3CCC(C(=O)NC[C@H]4COc5ccccc5O4)CC3)ccc21. The number of nitrogens with zero attached hydrogens (tertiary/aromatic N) is 2. The Kier molecular flexibility index (Phi) is 5.82. The summed E-state index contributed by atoms with van der Waals surface area (Å²) in [5, 5.41) is 2.91. The summed E-state index contributed by atoms with van der Waals surface area (Å²) in [4.78, 5) is 24.4. The van der Waals surface area contributed by atoms with Crippen LogP contribution >= 0.6 is 0 Å². The van der Waals surface area contributed by atoms with Gasteiger partial charge < -0.3 is 19.2 Å². The number of fused-ring (bicyclic) bond motifs is 2. The molecule has 1 atom stereocenters. The van der Waals surface area contributed by atoms with Crippen molar-refractivity contribution in [1.82, 2.24) is 14.2 Å². The number of ether oxygens (including phenoxy) is 2. The van der Waals surface area contributed by atoms with E-state index in [9.17, 15) is 18.0 Å². The Labute approximate surface area is 196 Å². The molecule has 0 saturated carbocycles. The van der Waals surface area contributed by atoms with Gasteiger partial charge >= 0.3 is 5.76 Å². The molecule has 1 N–H and O–H groups in total. The van der Waals surface area contributed by atoms with Gasteiger partial charge in [-0.2, -0.15) is 4.31 Å². The van der Waals surface area contributed by atoms with Crippen LogP contribution in [0.15, 0.2) is 56.6 Å². The maximum atomic E-state index is 13.1. The van der Waals surface area contributed by atoms with Crippen molar-refractivity contribution in [3.05, 3.63) is 53.0 Å². The molecule has 10 nitrogen and oxygen atoms in total. The van der Waals surface area contributed by atoms with Gasteiger partial charge in [-0.15, -0.1) is 0 Å². The average Bonchev–Trinajstić information content (AvgIpc) is 3.15. The van der Waals surface area contributed by atoms with E-state index in [2.05, 4.69) is 5.32 Å². The number of aryl methyl sites for hydroxylation is 1. The molecule has 180 valence electrons. The van der Waals surface area contributed by atoms with Crippen LogP contribution in [0.25, 0.3) is 11.1 Å². The number of hydrogen-bond donors (Lipinski definition) is 1. The van der Waals surface area contributed by atoms with Crippen molar-refractivity contribution in [1.29, 1.82) is 0 Å². The van der Waals surface area contributed by atoms with Gasteiger partial charge in [-0.05, 0) is 37.1 Å². The highest BCUT2D eigenvalue weighted by molar-refractivity contribution is 7.89. The Morgan fingerprint density at radius 2 is 1.85 bits per heavy atom. The summed E-state index contributed by atoms with van der Waals surface area (Å²) in [6.07, 6.45) is 0.546. The Hall–Kier alpha value is -3.31. The van der Waals surface area contributed by atoms with E-state index in [0.29, 0.717) is 43.0 Å². The molecule has 1 amide bonds. The van der Waals surface area contributed by atoms with Crippen LogP contribution in [0.4, 0.5) is 0 Å². The van der Waals surface area contributed by atoms with Crippen molar-refractivity contribution in [2.45, 2.75) is 23.8 Å². The zero-order valence-electron chi connectivity index (χ0n) is 18.6. The fraction of sp³-hybridized carbons (Fsp3) is 0.391. The van der Waals surface area contributed by atoms with Crippen molar-refractivity contribution in [3.63, 3.8) is 0 Å². The predicted molar refractivity (Wildman–Crippen MR) is 122 cm³/mol. The summed E-state index contributed by atoms with van der Waals surface area (Å²) in [6, 6.07) is 11.8. The number of benzene rings is 2. The number of nitrogens with one attached hydrogen (secondary N) is 1. The number of sulfonamides is 1. The van der Waals surface area contributed by atoms with Crippen LogP contribution in [0.3, 0.4) is 0 Å². The van der Waals surface area contributed by atoms with E-state index in [0.717, 1.165) is 0 Å². The van der Waals surface area contributed by atoms with Gasteiger partial charge in [0.1, 0.15) is 12.7 Å². The van der Waals surface area contributed by atoms with Crippen molar-refractivity contribution in [2.75, 3.05) is 26.2 Å². The summed E-state index contributed by atoms with van der Waals surface area (Å²) in [5.41, 5.74) is 0.745. The quantitative estimate of drug-likeness (QED) is 0.579. The lowest BCUT2D eigenvalue weighted by Crippen LogP contribution is -2.46. The summed E-state index contributed by atoms with van der Waals surface area (Å²) in [7, 11) is -2.21. The number of hydrogen-bond acceptors (Lipinski definition) is 7. The van der Waals surface area contributed by atoms with E-state index in [1.54, 1.807) is 13.1 Å². The lowest BCUT2D eigenvalue weighted by Gasteiger charge is -2.31. The maximum Gasteiger partial charge on any atom is 0.419 e. The second-order valence-electron chi connectivity index (χ2n) is 8.48. The van der Waals surface area contributed by atoms with Crippen LogP contribution in [0, 0.1) is 5.92 Å². The first-order chi connectivity index (χ1) is 16.3. The molecule has 5 rings (SSSR count). The number of rotatable bonds is 5. The third-order valence-electron chi connectivity index (χ3n) is 6.30. The third kappa shape index (κ3) is 4.16. The topological polar surface area (TPSA) is 120 Å². The summed E-state index contributed by atoms with van der Waals surface area (Å²) >= 11 is 0. The molecule has 34 heavy (non-hydrogen) atoms. The molecule has 2 aromatic carbocycles. The summed E-state index contributed by atoms with van der Waals surface area (Å²) in [6.45, 7) is 1.12. The first-order valence-corrected chi connectivity index (χ1v) is 12.5. The largest absolute Gasteiger partial charge is 0.486 e. The van der Waals surface area contributed by atoms with Gasteiger partial charge in [0.2, 0.25) is 15.9 Å². The van der Waals surface area contributed by atoms with Crippen molar-refractivity contribution in [2.24, 2.45) is 13.0 Å². The highest BCUT2D eigenvalue weighted by Crippen LogP contribution is 2.31. The fourth-order valence-electron chi connectivity index (χ4n) is 4.30. The number of piperidine rings is 1. The zero-order valence-corrected chi connectivity index (χ0v) is 19.4. The molecule has 0 radical (unpaired) electrons. The van der Waals surface area contributed by atoms with Crippen LogP contribution in [-0.4, -0.2) is 55.5 Å². The minimum atomic E-state index is -3.77. The second-order valence-corrected chi connectivity index (χ2v) is 10.4. The predicted octanol–water partition coefficient (Wildman–Crippen LogP) is 1.49. The van der Waals surface area contributed by atoms with Gasteiger partial charge in [0.25, 0.3) is 0 Å². The molecule has 0 aliphatic carbocycles. The van der Waals surface area contributed by atoms with Gasteiger partial charge in [0.15, 0.2) is 17.1 Å². The van der Waals surface area contributed by atoms with Gasteiger partial charge in [-0.1, -0.05) is 12.1 Å². The summed E-state index contributed by atoms with van der Waals surface area (Å²) < 4.78 is 45.5. The van der Waals surface area contributed by atoms with Crippen LogP contribution in [0.2, 0.25) is 0 Å². The minimum absolute atomic E-state index is 0.0620. The monoisotopic (exact) mass is 487 g/mol. The van der Waals surface area contributed by atoms with Crippen LogP contribution in [0.5, 0.6) is 11.5 Å². The van der Waals surface area contributed by atoms with Gasteiger partial charge in [-0.3, -0.25) is 9.36 Å². The number of aromatic nitrogens is 1. The number of oxazole rings is 1. The molecule has 3 aromatic rings. The fourth-order valence-corrected chi connectivity index (χ4v) is 5.79. The second kappa shape index (κ2) is 8.80. The Morgan fingerprint density at radius 1 is 1.12 bits per heavy atom. The molecule has 1 fully saturated rings. The first-order valence-electron chi connectivity index (χ1n) is 11.1. The van der Waals surface area contributed by atoms with E-state index < -0.39 is 15.8 Å². The minimum Gasteiger partial charge on any atom is -0.486 e. The van der Waals surface area contributed by atoms with E-state index in [1.165, 1.54) is 21.0 Å². The van der Waals surface area contributed by atoms with Gasteiger partial charge in [-0.25, -0.2) is 13.2 Å². The van der Waals surface area contributed by atoms with E-state index >= 15 is 0 Å². The molecule has 1 saturated heterocycles. The Morgan fingerprint density at radius 3 is 2.62 bits per heavy atom. The lowest BCUT2D eigenvalue weighted by molar-refractivity contribution is -0.126. The third-order valence-corrected chi connectivity index (χ3v) is 8.19. The highest BCUT2D eigenvalue weighted by Gasteiger charge is 2.33. The normalized spacial score (nSPS) is 19.3. The summed E-state index contributed by atoms with van der Waals surface area (Å²) in [5.74, 6) is 0.391. The van der Waals surface area contributed by atoms with Crippen molar-refractivity contribution >= 4 is 27.0 Å². The molecular formula is C23H25N3O7S. The van der Waals surface area contributed by atoms with Gasteiger partial charge in [0, 0.05) is 32.1 Å². The Balaban J connectivity index is 1.16. The van der Waals surface area contributed by atoms with Crippen LogP contribution in [0.1, 0.15) is 12.8 Å². The van der Waals surface area contributed by atoms with E-state index in [1.807, 2.05) is 24.3 Å². The molecule has 2 aliphatic rings. The molecule has 2 aliphatic heterocycles. The standard InChI is InChI=1S/C23H25N3O7S/c1-25-18-7-6-17(12-21(18)33-23(25)28)34(29,30)26-10-8-15(9-11-26)22(27)24-13-16-14-31-19-4-2-3-5-20(19)32-16/h2-7,12,15-16H,8-11,13-14H2,1H3,(H,24,27)/t16-/m0/s1. The molecule has 11 heteroatoms. The smallest absolute Gasteiger partial charge is 0.419 e. The number of carbonyl (C=O) groups excluding carboxylic acids is 1. The molecular weight excluding hydrogens is 462 g/mol. The lowest BCUT2D eigenvalue weighted by atomic mass is 9.97. The molecule has 0 spiro atoms. The maximum absolute atomic E-state index is 13.1. The number of para-hydroxylation sites is 2. The molecule has 1 aromatic heterocycles. The first kappa shape index (κ1) is 22.5. The van der Waals surface area contributed by atoms with E-state index in [4.69, 9.17) is 13.9 Å². The van der Waals surface area contributed by atoms with Crippen molar-refractivity contribution in [3.8, 4) is 11.5 Å². The molecule has 0 bridgehead atoms. The van der Waals surface area contributed by atoms with Crippen LogP contribution < -0.4 is 20.5 Å². The van der Waals surface area contributed by atoms with Gasteiger partial charge in [0.05, 0.1) is 17.0 Å². The number of amides is 1. The van der Waals surface area contributed by atoms with Crippen molar-refractivity contribution < 1.29 is 27.1 Å². The number of carbonyl (C=O) groups is 1. The van der Waals surface area contributed by atoms with Crippen LogP contribution in [-0.2, 0) is 21.9 Å². The van der Waals surface area contributed by atoms with E-state index in [-0.39, 0.29) is 41.5 Å². The zero-order chi connectivity index (χ0) is 23.9.